The third kappa shape index (κ3) is 4.34. The molecule has 0 unspecified atom stereocenters. The molecular formula is C20H23N5O3S. The van der Waals surface area contributed by atoms with Gasteiger partial charge in [-0.25, -0.2) is 0 Å². The van der Waals surface area contributed by atoms with Gasteiger partial charge in [-0.15, -0.1) is 10.2 Å². The highest BCUT2D eigenvalue weighted by molar-refractivity contribution is 7.17. The summed E-state index contributed by atoms with van der Waals surface area (Å²) in [7, 11) is 3.17. The molecule has 3 heterocycles. The fourth-order valence-corrected chi connectivity index (χ4v) is 4.24. The van der Waals surface area contributed by atoms with E-state index in [0.717, 1.165) is 29.6 Å². The van der Waals surface area contributed by atoms with E-state index in [1.165, 1.54) is 11.3 Å². The predicted molar refractivity (Wildman–Crippen MR) is 112 cm³/mol. The molecule has 29 heavy (non-hydrogen) atoms. The van der Waals surface area contributed by atoms with Crippen molar-refractivity contribution in [2.75, 3.05) is 37.5 Å². The maximum absolute atomic E-state index is 12.9. The van der Waals surface area contributed by atoms with Crippen LogP contribution in [0.1, 0.15) is 12.8 Å². The number of hydrogen-bond acceptors (Lipinski definition) is 7. The molecule has 3 aromatic rings. The van der Waals surface area contributed by atoms with E-state index >= 15 is 0 Å². The normalized spacial score (nSPS) is 16.5. The zero-order chi connectivity index (χ0) is 20.2. The van der Waals surface area contributed by atoms with Gasteiger partial charge in [0.15, 0.2) is 0 Å². The van der Waals surface area contributed by atoms with Gasteiger partial charge in [0, 0.05) is 49.4 Å². The number of nitrogens with zero attached hydrogens (tertiary/aromatic N) is 4. The van der Waals surface area contributed by atoms with Crippen LogP contribution >= 0.6 is 11.3 Å². The minimum Gasteiger partial charge on any atom is -0.497 e. The summed E-state index contributed by atoms with van der Waals surface area (Å²) in [4.78, 5) is 15.0. The molecular weight excluding hydrogens is 390 g/mol. The van der Waals surface area contributed by atoms with Gasteiger partial charge in [0.25, 0.3) is 0 Å². The number of hydrogen-bond donors (Lipinski definition) is 1. The quantitative estimate of drug-likeness (QED) is 0.668. The summed E-state index contributed by atoms with van der Waals surface area (Å²) < 4.78 is 12.5. The molecule has 0 saturated carbocycles. The van der Waals surface area contributed by atoms with E-state index in [4.69, 9.17) is 9.47 Å². The Balaban J connectivity index is 1.44. The van der Waals surface area contributed by atoms with Crippen LogP contribution in [-0.4, -0.2) is 48.0 Å². The average molecular weight is 414 g/mol. The highest BCUT2D eigenvalue weighted by Gasteiger charge is 2.28. The Hall–Kier alpha value is -3.07. The SMILES string of the molecule is COc1cc(NC(=O)[C@H]2CCCN(c3nnc(-n4cccc4)s3)C2)cc(OC)c1. The number of ether oxygens (including phenoxy) is 2. The van der Waals surface area contributed by atoms with Gasteiger partial charge in [-0.05, 0) is 25.0 Å². The zero-order valence-corrected chi connectivity index (χ0v) is 17.2. The molecule has 1 fully saturated rings. The summed E-state index contributed by atoms with van der Waals surface area (Å²) in [5.41, 5.74) is 0.661. The molecule has 1 aromatic carbocycles. The van der Waals surface area contributed by atoms with Crippen LogP contribution in [0.5, 0.6) is 11.5 Å². The van der Waals surface area contributed by atoms with Gasteiger partial charge in [0.2, 0.25) is 16.2 Å². The number of nitrogens with one attached hydrogen (secondary N) is 1. The molecule has 1 aliphatic rings. The van der Waals surface area contributed by atoms with Crippen molar-refractivity contribution in [1.29, 1.82) is 0 Å². The first-order valence-electron chi connectivity index (χ1n) is 9.42. The van der Waals surface area contributed by atoms with E-state index in [1.807, 2.05) is 29.1 Å². The van der Waals surface area contributed by atoms with Crippen LogP contribution in [0.2, 0.25) is 0 Å². The standard InChI is InChI=1S/C20H23N5O3S/c1-27-16-10-15(11-17(12-16)28-2)21-18(26)14-6-5-9-25(13-14)20-23-22-19(29-20)24-7-3-4-8-24/h3-4,7-8,10-12,14H,5-6,9,13H2,1-2H3,(H,21,26)/t14-/m0/s1. The van der Waals surface area contributed by atoms with Crippen molar-refractivity contribution in [1.82, 2.24) is 14.8 Å². The number of amides is 1. The fourth-order valence-electron chi connectivity index (χ4n) is 3.39. The van der Waals surface area contributed by atoms with Crippen LogP contribution in [0.25, 0.3) is 5.13 Å². The molecule has 0 spiro atoms. The fraction of sp³-hybridized carbons (Fsp3) is 0.350. The number of methoxy groups -OCH3 is 2. The maximum Gasteiger partial charge on any atom is 0.229 e. The molecule has 2 aromatic heterocycles. The Bertz CT molecular complexity index is 950. The Kier molecular flexibility index (Phi) is 5.66. The average Bonchev–Trinajstić information content (AvgIpc) is 3.45. The second kappa shape index (κ2) is 8.52. The van der Waals surface area contributed by atoms with Crippen molar-refractivity contribution in [3.63, 3.8) is 0 Å². The lowest BCUT2D eigenvalue weighted by Crippen LogP contribution is -2.40. The van der Waals surface area contributed by atoms with Gasteiger partial charge in [-0.2, -0.15) is 0 Å². The van der Waals surface area contributed by atoms with Crippen molar-refractivity contribution in [2.24, 2.45) is 5.92 Å². The molecule has 9 heteroatoms. The number of piperidine rings is 1. The summed E-state index contributed by atoms with van der Waals surface area (Å²) in [6, 6.07) is 9.26. The highest BCUT2D eigenvalue weighted by atomic mass is 32.1. The van der Waals surface area contributed by atoms with Crippen LogP contribution in [-0.2, 0) is 4.79 Å². The Morgan fingerprint density at radius 2 is 1.79 bits per heavy atom. The molecule has 8 nitrogen and oxygen atoms in total. The number of aromatic nitrogens is 3. The van der Waals surface area contributed by atoms with Crippen molar-refractivity contribution < 1.29 is 14.3 Å². The molecule has 0 bridgehead atoms. The third-order valence-corrected chi connectivity index (χ3v) is 5.91. The van der Waals surface area contributed by atoms with Crippen LogP contribution in [0, 0.1) is 5.92 Å². The van der Waals surface area contributed by atoms with Crippen molar-refractivity contribution in [2.45, 2.75) is 12.8 Å². The van der Waals surface area contributed by atoms with E-state index in [0.29, 0.717) is 23.7 Å². The number of benzene rings is 1. The van der Waals surface area contributed by atoms with E-state index in [-0.39, 0.29) is 11.8 Å². The summed E-state index contributed by atoms with van der Waals surface area (Å²) in [5.74, 6) is 1.13. The van der Waals surface area contributed by atoms with Gasteiger partial charge in [-0.3, -0.25) is 9.36 Å². The van der Waals surface area contributed by atoms with E-state index < -0.39 is 0 Å². The van der Waals surface area contributed by atoms with E-state index in [9.17, 15) is 4.79 Å². The topological polar surface area (TPSA) is 81.5 Å². The molecule has 1 aliphatic heterocycles. The second-order valence-corrected chi connectivity index (χ2v) is 7.77. The van der Waals surface area contributed by atoms with Crippen LogP contribution < -0.4 is 19.7 Å². The van der Waals surface area contributed by atoms with Crippen LogP contribution in [0.15, 0.2) is 42.7 Å². The molecule has 1 amide bonds. The number of carbonyl (C=O) groups is 1. The lowest BCUT2D eigenvalue weighted by Gasteiger charge is -2.31. The summed E-state index contributed by atoms with van der Waals surface area (Å²) >= 11 is 1.53. The van der Waals surface area contributed by atoms with Gasteiger partial charge in [-0.1, -0.05) is 11.3 Å². The first-order chi connectivity index (χ1) is 14.2. The minimum atomic E-state index is -0.125. The van der Waals surface area contributed by atoms with Gasteiger partial charge < -0.3 is 19.7 Å². The molecule has 0 radical (unpaired) electrons. The van der Waals surface area contributed by atoms with Crippen molar-refractivity contribution >= 4 is 28.1 Å². The molecule has 152 valence electrons. The van der Waals surface area contributed by atoms with Gasteiger partial charge in [0.05, 0.1) is 20.1 Å². The van der Waals surface area contributed by atoms with Gasteiger partial charge >= 0.3 is 0 Å². The molecule has 1 atom stereocenters. The van der Waals surface area contributed by atoms with Crippen LogP contribution in [0.4, 0.5) is 10.8 Å². The van der Waals surface area contributed by atoms with Crippen molar-refractivity contribution in [3.05, 3.63) is 42.7 Å². The summed E-state index contributed by atoms with van der Waals surface area (Å²) in [6.07, 6.45) is 5.66. The summed E-state index contributed by atoms with van der Waals surface area (Å²) in [6.45, 7) is 1.49. The number of rotatable bonds is 6. The predicted octanol–water partition coefficient (Wildman–Crippen LogP) is 3.20. The zero-order valence-electron chi connectivity index (χ0n) is 16.4. The molecule has 4 rings (SSSR count). The smallest absolute Gasteiger partial charge is 0.229 e. The largest absolute Gasteiger partial charge is 0.497 e. The molecule has 1 saturated heterocycles. The first-order valence-corrected chi connectivity index (χ1v) is 10.2. The van der Waals surface area contributed by atoms with Gasteiger partial charge in [0.1, 0.15) is 11.5 Å². The van der Waals surface area contributed by atoms with Crippen LogP contribution in [0.3, 0.4) is 0 Å². The van der Waals surface area contributed by atoms with Crippen molar-refractivity contribution in [3.8, 4) is 16.6 Å². The Morgan fingerprint density at radius 3 is 2.48 bits per heavy atom. The van der Waals surface area contributed by atoms with E-state index in [1.54, 1.807) is 32.4 Å². The lowest BCUT2D eigenvalue weighted by molar-refractivity contribution is -0.120. The number of carbonyl (C=O) groups excluding carboxylic acids is 1. The maximum atomic E-state index is 12.9. The first kappa shape index (κ1) is 19.3. The molecule has 1 N–H and O–H groups in total. The lowest BCUT2D eigenvalue weighted by atomic mass is 9.97. The summed E-state index contributed by atoms with van der Waals surface area (Å²) in [5, 5.41) is 13.3. The van der Waals surface area contributed by atoms with E-state index in [2.05, 4.69) is 20.4 Å². The monoisotopic (exact) mass is 413 g/mol. The third-order valence-electron chi connectivity index (χ3n) is 4.91. The second-order valence-electron chi connectivity index (χ2n) is 6.83. The Labute approximate surface area is 173 Å². The minimum absolute atomic E-state index is 0.0137. The molecule has 0 aliphatic carbocycles. The number of anilines is 2. The highest BCUT2D eigenvalue weighted by Crippen LogP contribution is 2.30. The Morgan fingerprint density at radius 1 is 1.10 bits per heavy atom.